The maximum Gasteiger partial charge on any atom is 0.176 e. The third-order valence-electron chi connectivity index (χ3n) is 3.90. The van der Waals surface area contributed by atoms with Crippen molar-refractivity contribution in [1.82, 2.24) is 4.90 Å². The van der Waals surface area contributed by atoms with Crippen LogP contribution in [-0.2, 0) is 0 Å². The van der Waals surface area contributed by atoms with E-state index in [1.165, 1.54) is 32.4 Å². The van der Waals surface area contributed by atoms with Crippen LogP contribution in [0.5, 0.6) is 0 Å². The lowest BCUT2D eigenvalue weighted by Crippen LogP contribution is -2.34. The number of nitrogens with zero attached hydrogens (tertiary/aromatic N) is 2. The largest absolute Gasteiger partial charge is 0.503 e. The Morgan fingerprint density at radius 2 is 1.82 bits per heavy atom. The molecule has 0 amide bonds. The minimum absolute atomic E-state index is 0.309. The van der Waals surface area contributed by atoms with Gasteiger partial charge in [0, 0.05) is 5.56 Å². The lowest BCUT2D eigenvalue weighted by molar-refractivity contribution is -0.830. The van der Waals surface area contributed by atoms with Gasteiger partial charge in [0.1, 0.15) is 12.7 Å². The molecule has 3 heteroatoms. The van der Waals surface area contributed by atoms with E-state index in [0.717, 1.165) is 12.1 Å². The van der Waals surface area contributed by atoms with E-state index in [1.807, 2.05) is 36.5 Å². The maximum atomic E-state index is 10.2. The Kier molecular flexibility index (Phi) is 6.06. The van der Waals surface area contributed by atoms with Crippen molar-refractivity contribution < 1.29 is 9.59 Å². The van der Waals surface area contributed by atoms with E-state index in [-0.39, 0.29) is 0 Å². The first-order valence-electron chi connectivity index (χ1n) is 8.05. The second-order valence-corrected chi connectivity index (χ2v) is 6.51. The first-order valence-corrected chi connectivity index (χ1v) is 8.05. The highest BCUT2D eigenvalue weighted by molar-refractivity contribution is 5.56. The second kappa shape index (κ2) is 8.03. The van der Waals surface area contributed by atoms with E-state index >= 15 is 0 Å². The smallest absolute Gasteiger partial charge is 0.176 e. The minimum Gasteiger partial charge on any atom is -0.503 e. The summed E-state index contributed by atoms with van der Waals surface area (Å²) < 4.78 is 0.549. The molecule has 0 aromatic heterocycles. The fourth-order valence-electron chi connectivity index (χ4n) is 2.61. The van der Waals surface area contributed by atoms with E-state index < -0.39 is 0 Å². The number of rotatable bonds is 4. The molecule has 1 aliphatic heterocycles. The molecule has 1 heterocycles. The Balaban J connectivity index is 1.88. The standard InChI is InChI=1S/C19H26N2O/c1-21(2,17-19(22)18-11-5-3-6-12-18)16-10-9-15-20-13-7-4-8-14-20/h3,5-6,11-12,17H,4,7-8,13-16H2,1-2H3/p+1/b19-17-. The molecule has 1 fully saturated rings. The van der Waals surface area contributed by atoms with Crippen molar-refractivity contribution in [2.24, 2.45) is 0 Å². The summed E-state index contributed by atoms with van der Waals surface area (Å²) in [7, 11) is 4.10. The minimum atomic E-state index is 0.309. The fraction of sp³-hybridized carbons (Fsp3) is 0.474. The van der Waals surface area contributed by atoms with Gasteiger partial charge in [-0.2, -0.15) is 0 Å². The van der Waals surface area contributed by atoms with Crippen LogP contribution in [0.25, 0.3) is 5.76 Å². The van der Waals surface area contributed by atoms with Gasteiger partial charge in [-0.15, -0.1) is 0 Å². The van der Waals surface area contributed by atoms with Gasteiger partial charge in [-0.3, -0.25) is 9.38 Å². The van der Waals surface area contributed by atoms with Crippen molar-refractivity contribution in [3.05, 3.63) is 42.1 Å². The Bertz CT molecular complexity index is 546. The van der Waals surface area contributed by atoms with Crippen LogP contribution in [0.3, 0.4) is 0 Å². The highest BCUT2D eigenvalue weighted by Gasteiger charge is 2.13. The molecule has 0 radical (unpaired) electrons. The molecule has 0 unspecified atom stereocenters. The molecule has 2 rings (SSSR count). The molecule has 0 atom stereocenters. The number of benzene rings is 1. The molecular formula is C19H27N2O+. The summed E-state index contributed by atoms with van der Waals surface area (Å²) >= 11 is 0. The molecule has 118 valence electrons. The van der Waals surface area contributed by atoms with Gasteiger partial charge in [0.15, 0.2) is 5.76 Å². The first-order chi connectivity index (χ1) is 10.6. The lowest BCUT2D eigenvalue weighted by Gasteiger charge is -2.24. The van der Waals surface area contributed by atoms with E-state index in [2.05, 4.69) is 30.8 Å². The maximum absolute atomic E-state index is 10.2. The molecule has 0 spiro atoms. The van der Waals surface area contributed by atoms with Gasteiger partial charge >= 0.3 is 0 Å². The van der Waals surface area contributed by atoms with E-state index in [1.54, 1.807) is 0 Å². The summed E-state index contributed by atoms with van der Waals surface area (Å²) in [4.78, 5) is 2.42. The van der Waals surface area contributed by atoms with Crippen LogP contribution < -0.4 is 0 Å². The molecule has 1 aromatic carbocycles. The third-order valence-corrected chi connectivity index (χ3v) is 3.90. The molecule has 1 aromatic rings. The molecule has 22 heavy (non-hydrogen) atoms. The summed E-state index contributed by atoms with van der Waals surface area (Å²) in [5.74, 6) is 6.84. The van der Waals surface area contributed by atoms with Gasteiger partial charge in [0.25, 0.3) is 0 Å². The van der Waals surface area contributed by atoms with Gasteiger partial charge < -0.3 is 5.11 Å². The predicted octanol–water partition coefficient (Wildman–Crippen LogP) is 3.11. The highest BCUT2D eigenvalue weighted by atomic mass is 16.3. The van der Waals surface area contributed by atoms with Gasteiger partial charge in [-0.1, -0.05) is 42.7 Å². The summed E-state index contributed by atoms with van der Waals surface area (Å²) in [5, 5.41) is 10.2. The van der Waals surface area contributed by atoms with Crippen molar-refractivity contribution in [2.45, 2.75) is 19.3 Å². The van der Waals surface area contributed by atoms with E-state index in [0.29, 0.717) is 16.8 Å². The number of hydrogen-bond donors (Lipinski definition) is 1. The number of quaternary nitrogens is 1. The lowest BCUT2D eigenvalue weighted by atomic mass is 10.1. The number of hydrogen-bond acceptors (Lipinski definition) is 2. The van der Waals surface area contributed by atoms with Crippen LogP contribution in [0.15, 0.2) is 36.5 Å². The van der Waals surface area contributed by atoms with E-state index in [9.17, 15) is 5.11 Å². The summed E-state index contributed by atoms with van der Waals surface area (Å²) in [6, 6.07) is 9.63. The topological polar surface area (TPSA) is 23.5 Å². The molecule has 0 aliphatic carbocycles. The SMILES string of the molecule is C[N+](C)(/C=C(\O)c1ccccc1)CC#CCN1CCCCC1. The molecule has 0 bridgehead atoms. The zero-order valence-electron chi connectivity index (χ0n) is 13.8. The Morgan fingerprint density at radius 1 is 1.14 bits per heavy atom. The zero-order chi connectivity index (χ0) is 15.8. The molecule has 1 aliphatic rings. The Hall–Kier alpha value is -1.76. The molecule has 0 saturated carbocycles. The molecule has 3 nitrogen and oxygen atoms in total. The van der Waals surface area contributed by atoms with Crippen LogP contribution in [-0.4, -0.2) is 54.8 Å². The Labute approximate surface area is 134 Å². The van der Waals surface area contributed by atoms with Crippen molar-refractivity contribution in [3.63, 3.8) is 0 Å². The normalized spacial score (nSPS) is 16.9. The van der Waals surface area contributed by atoms with Crippen molar-refractivity contribution in [1.29, 1.82) is 0 Å². The fourth-order valence-corrected chi connectivity index (χ4v) is 2.61. The van der Waals surface area contributed by atoms with Crippen molar-refractivity contribution >= 4 is 5.76 Å². The van der Waals surface area contributed by atoms with Gasteiger partial charge in [-0.05, 0) is 31.9 Å². The number of aliphatic hydroxyl groups excluding tert-OH is 1. The van der Waals surface area contributed by atoms with Crippen LogP contribution in [0.1, 0.15) is 24.8 Å². The summed E-state index contributed by atoms with van der Waals surface area (Å²) in [5.41, 5.74) is 0.843. The van der Waals surface area contributed by atoms with Gasteiger partial charge in [-0.25, -0.2) is 0 Å². The van der Waals surface area contributed by atoms with Crippen molar-refractivity contribution in [2.75, 3.05) is 40.3 Å². The van der Waals surface area contributed by atoms with Gasteiger partial charge in [0.2, 0.25) is 0 Å². The summed E-state index contributed by atoms with van der Waals surface area (Å²) in [6.07, 6.45) is 5.82. The number of piperidine rings is 1. The molecular weight excluding hydrogens is 272 g/mol. The highest BCUT2D eigenvalue weighted by Crippen LogP contribution is 2.13. The van der Waals surface area contributed by atoms with E-state index in [4.69, 9.17) is 0 Å². The summed E-state index contributed by atoms with van der Waals surface area (Å²) in [6.45, 7) is 3.93. The van der Waals surface area contributed by atoms with Crippen LogP contribution in [0.4, 0.5) is 0 Å². The van der Waals surface area contributed by atoms with Crippen molar-refractivity contribution in [3.8, 4) is 11.8 Å². The van der Waals surface area contributed by atoms with Crippen LogP contribution >= 0.6 is 0 Å². The van der Waals surface area contributed by atoms with Crippen LogP contribution in [0.2, 0.25) is 0 Å². The average Bonchev–Trinajstić information content (AvgIpc) is 2.53. The Morgan fingerprint density at radius 3 is 2.50 bits per heavy atom. The van der Waals surface area contributed by atoms with Gasteiger partial charge in [0.05, 0.1) is 20.6 Å². The number of likely N-dealkylation sites (tertiary alicyclic amines) is 1. The predicted molar refractivity (Wildman–Crippen MR) is 92.1 cm³/mol. The first kappa shape index (κ1) is 16.6. The molecule has 1 saturated heterocycles. The van der Waals surface area contributed by atoms with Crippen LogP contribution in [0, 0.1) is 11.8 Å². The molecule has 1 N–H and O–H groups in total. The second-order valence-electron chi connectivity index (χ2n) is 6.51. The third kappa shape index (κ3) is 5.55. The average molecular weight is 299 g/mol. The zero-order valence-corrected chi connectivity index (χ0v) is 13.8. The number of aliphatic hydroxyl groups is 1. The quantitative estimate of drug-likeness (QED) is 0.524. The monoisotopic (exact) mass is 299 g/mol.